The molecule has 1 aliphatic carbocycles. The van der Waals surface area contributed by atoms with Crippen LogP contribution >= 0.6 is 69.6 Å². The Morgan fingerprint density at radius 3 is 1.18 bits per heavy atom. The van der Waals surface area contributed by atoms with Crippen molar-refractivity contribution in [2.45, 2.75) is 270 Å². The van der Waals surface area contributed by atoms with Crippen LogP contribution < -0.4 is 20.4 Å². The first-order chi connectivity index (χ1) is 67.2. The summed E-state index contributed by atoms with van der Waals surface area (Å²) in [7, 11) is 0. The molecule has 0 bridgehead atoms. The van der Waals surface area contributed by atoms with Gasteiger partial charge >= 0.3 is 54.3 Å². The number of aryl methyl sites for hydroxylation is 2. The zero-order valence-corrected chi connectivity index (χ0v) is 87.9. The van der Waals surface area contributed by atoms with Gasteiger partial charge in [0.25, 0.3) is 0 Å². The molecule has 1 fully saturated rings. The molecule has 0 unspecified atom stereocenters. The van der Waals surface area contributed by atoms with Crippen molar-refractivity contribution >= 4 is 215 Å². The van der Waals surface area contributed by atoms with E-state index in [2.05, 4.69) is 124 Å². The van der Waals surface area contributed by atoms with E-state index in [9.17, 15) is 43.2 Å². The van der Waals surface area contributed by atoms with Crippen LogP contribution in [-0.4, -0.2) is 233 Å². The second kappa shape index (κ2) is 50.6. The van der Waals surface area contributed by atoms with Gasteiger partial charge in [0.05, 0.1) is 64.6 Å². The monoisotopic (exact) mass is 2100 g/mol. The number of benzene rings is 1. The van der Waals surface area contributed by atoms with Gasteiger partial charge in [-0.3, -0.25) is 29.8 Å². The van der Waals surface area contributed by atoms with Crippen LogP contribution in [-0.2, 0) is 94.5 Å². The molecule has 4 amide bonds. The van der Waals surface area contributed by atoms with Gasteiger partial charge in [-0.1, -0.05) is 133 Å². The number of nitrogens with zero attached hydrogens (tertiary/aromatic N) is 25. The lowest BCUT2D eigenvalue weighted by molar-refractivity contribution is -0.144. The fraction of sp³-hybridized carbons (Fsp3) is 0.505. The Kier molecular flexibility index (Phi) is 40.1. The third-order valence-electron chi connectivity index (χ3n) is 18.8. The quantitative estimate of drug-likeness (QED) is 0.0232. The summed E-state index contributed by atoms with van der Waals surface area (Å²) < 4.78 is 53.7. The highest BCUT2D eigenvalue weighted by molar-refractivity contribution is 6.35. The molecule has 3 N–H and O–H groups in total. The van der Waals surface area contributed by atoms with Crippen LogP contribution in [0.25, 0.3) is 67.0 Å². The Balaban J connectivity index is 0.000000196. The molecule has 13 aromatic rings. The number of anilines is 4. The molecule has 0 radical (unpaired) electrons. The summed E-state index contributed by atoms with van der Waals surface area (Å²) in [4.78, 5) is 188. The molecule has 12 aromatic heterocycles. The predicted molar refractivity (Wildman–Crippen MR) is 534 cm³/mol. The molecule has 46 nitrogen and oxygen atoms in total. The highest BCUT2D eigenvalue weighted by atomic mass is 35.5. The number of aromatic amines is 1. The van der Waals surface area contributed by atoms with Crippen molar-refractivity contribution in [3.63, 3.8) is 0 Å². The van der Waals surface area contributed by atoms with Gasteiger partial charge in [-0.2, -0.15) is 39.9 Å². The highest BCUT2D eigenvalue weighted by Crippen LogP contribution is 2.35. The first-order valence-electron chi connectivity index (χ1n) is 45.4. The Hall–Kier alpha value is -13.3. The number of fused-ring (bicyclic) bond motifs is 6. The summed E-state index contributed by atoms with van der Waals surface area (Å²) in [6.07, 6.45) is 14.5. The molecular weight excluding hydrogens is 1990 g/mol. The summed E-state index contributed by atoms with van der Waals surface area (Å²) in [6, 6.07) is 8.35. The first kappa shape index (κ1) is 113. The van der Waals surface area contributed by atoms with Gasteiger partial charge in [0.1, 0.15) is 105 Å². The minimum Gasteiger partial charge on any atom is -0.465 e. The molecule has 143 heavy (non-hydrogen) atoms. The van der Waals surface area contributed by atoms with Gasteiger partial charge in [-0.05, 0) is 182 Å². The maximum Gasteiger partial charge on any atom is 0.421 e. The number of ether oxygens (including phenoxy) is 9. The fourth-order valence-corrected chi connectivity index (χ4v) is 14.4. The Morgan fingerprint density at radius 1 is 0.399 bits per heavy atom. The molecule has 14 rings (SSSR count). The van der Waals surface area contributed by atoms with Crippen LogP contribution in [0.3, 0.4) is 0 Å². The second-order valence-corrected chi connectivity index (χ2v) is 38.6. The number of hydrogen-bond acceptors (Lipinski definition) is 36. The number of amides is 4. The summed E-state index contributed by atoms with van der Waals surface area (Å²) in [5, 5.41) is 5.71. The van der Waals surface area contributed by atoms with E-state index in [0.717, 1.165) is 24.8 Å². The number of esters is 4. The van der Waals surface area contributed by atoms with Crippen LogP contribution in [0.5, 0.6) is 0 Å². The van der Waals surface area contributed by atoms with Crippen molar-refractivity contribution in [3.8, 4) is 0 Å². The standard InChI is InChI=1S/C27H34ClN5O4.C19H28ClN5O4.C14H18ClN5O4.C11H13ClN4O2.C10H12ClN5O2.C10H11ClN4O2/c1-5-36-21(34)16-32-17-29-22-23(28)30-25(31-24(22)32)33(26(35)37-27(2,3)4)15-18-11-13-20(14-12-18)19-9-7-6-8-10-19;1-6-8-9-10-25(18(27)29-19(3,4)5)17-22-15(20)14-16(23-17)24(12-21-14)11-13(26)28-7-2;1-5-23-8(21)6-20-7-16-9-10(15)17-12(18-11(9)20)19-13(22)24-14(2,3)4;1-6-14-8(12)7-9(15-6)16(5-13-7)10(17)18-11(2,3)4;1-10(2,3)18-9(17)16-8-14-6(11)5-7(15-8)13-4-12-5;1-3-17-7(16)4-15-5-12-8-9(11)13-6(2)14-10(8)15/h11-14,17,19H,5-10,15-16H2,1-4H3;12H,6-11H2,1-5H3;7H,5-6H2,1-4H3,(H,17,18,19,22);5H,1-4H3;4H,1-3H3,(H2,12,13,14,15,16,17);5H,3-4H2,1-2H3. The molecule has 0 atom stereocenters. The van der Waals surface area contributed by atoms with E-state index in [1.54, 1.807) is 150 Å². The van der Waals surface area contributed by atoms with Gasteiger partial charge in [-0.15, -0.1) is 0 Å². The maximum absolute atomic E-state index is 13.3. The fourth-order valence-electron chi connectivity index (χ4n) is 13.1. The molecule has 0 saturated heterocycles. The summed E-state index contributed by atoms with van der Waals surface area (Å²) in [5.74, 6) is 0.149. The van der Waals surface area contributed by atoms with Crippen LogP contribution in [0.15, 0.2) is 62.2 Å². The largest absolute Gasteiger partial charge is 0.465 e. The second-order valence-electron chi connectivity index (χ2n) is 36.4. The smallest absolute Gasteiger partial charge is 0.421 e. The minimum absolute atomic E-state index is 0.0487. The topological polar surface area (TPSA) is 540 Å². The van der Waals surface area contributed by atoms with E-state index < -0.39 is 76.4 Å². The number of imidazole rings is 6. The molecule has 12 heterocycles. The maximum atomic E-state index is 13.3. The van der Waals surface area contributed by atoms with Gasteiger partial charge in [0.2, 0.25) is 23.8 Å². The zero-order chi connectivity index (χ0) is 105. The van der Waals surface area contributed by atoms with Crippen LogP contribution in [0.4, 0.5) is 47.8 Å². The number of halogens is 6. The number of unbranched alkanes of at least 4 members (excludes halogenated alkanes) is 2. The minimum atomic E-state index is -0.722. The van der Waals surface area contributed by atoms with Gasteiger partial charge < -0.3 is 65.9 Å². The molecule has 0 spiro atoms. The number of H-pyrrole nitrogens is 1. The van der Waals surface area contributed by atoms with E-state index in [0.29, 0.717) is 97.7 Å². The summed E-state index contributed by atoms with van der Waals surface area (Å²) >= 11 is 36.6. The zero-order valence-electron chi connectivity index (χ0n) is 83.4. The van der Waals surface area contributed by atoms with Gasteiger partial charge in [0.15, 0.2) is 64.8 Å². The third kappa shape index (κ3) is 34.2. The van der Waals surface area contributed by atoms with E-state index >= 15 is 0 Å². The van der Waals surface area contributed by atoms with E-state index in [1.807, 2.05) is 12.1 Å². The van der Waals surface area contributed by atoms with Gasteiger partial charge in [0, 0.05) is 6.54 Å². The number of nitrogens with one attached hydrogen (secondary N) is 3. The summed E-state index contributed by atoms with van der Waals surface area (Å²) in [5.41, 5.74) is 3.62. The number of rotatable bonds is 23. The predicted octanol–water partition coefficient (Wildman–Crippen LogP) is 18.7. The average Bonchev–Trinajstić information content (AvgIpc) is 1.68. The highest BCUT2D eigenvalue weighted by Gasteiger charge is 2.32. The molecule has 1 aliphatic rings. The number of carbonyl (C=O) groups excluding carboxylic acids is 9. The molecule has 52 heteroatoms. The van der Waals surface area contributed by atoms with Crippen LogP contribution in [0.2, 0.25) is 30.9 Å². The third-order valence-corrected chi connectivity index (χ3v) is 20.4. The van der Waals surface area contributed by atoms with E-state index in [-0.39, 0.29) is 113 Å². The Bertz CT molecular complexity index is 6650. The van der Waals surface area contributed by atoms with Crippen molar-refractivity contribution in [2.75, 3.05) is 53.4 Å². The molecule has 1 aromatic carbocycles. The lowest BCUT2D eigenvalue weighted by Gasteiger charge is -2.26. The normalized spacial score (nSPS) is 12.2. The van der Waals surface area contributed by atoms with E-state index in [4.69, 9.17) is 112 Å². The summed E-state index contributed by atoms with van der Waals surface area (Å²) in [6.45, 7) is 40.6. The van der Waals surface area contributed by atoms with Crippen molar-refractivity contribution < 1.29 is 85.8 Å². The van der Waals surface area contributed by atoms with Gasteiger partial charge in [-0.25, -0.2) is 88.2 Å². The molecule has 0 aliphatic heterocycles. The van der Waals surface area contributed by atoms with E-state index in [1.165, 1.54) is 104 Å². The molecule has 1 saturated carbocycles. The Labute approximate surface area is 852 Å². The lowest BCUT2D eigenvalue weighted by Crippen LogP contribution is -2.38. The number of aromatic nitrogens is 24. The van der Waals surface area contributed by atoms with Crippen molar-refractivity contribution in [1.29, 1.82) is 0 Å². The lowest BCUT2D eigenvalue weighted by atomic mass is 9.84. The van der Waals surface area contributed by atoms with Crippen LogP contribution in [0.1, 0.15) is 219 Å². The number of carbonyl (C=O) groups is 9. The average molecular weight is 2100 g/mol. The van der Waals surface area contributed by atoms with Crippen LogP contribution in [0, 0.1) is 13.8 Å². The SMILES string of the molecule is CC(C)(C)OC(=O)Nc1nc(Cl)c2[nH]cnc2n1.CCCCCN(C(=O)OC(C)(C)C)c1nc(Cl)c2ncn(CC(=O)OCC)c2n1.CCOC(=O)Cn1cnc2c(Cl)nc(C)nc21.CCOC(=O)Cn1cnc2c(Cl)nc(N(Cc3ccc(C4CCCCC4)cc3)C(=O)OC(C)(C)C)nc21.CCOC(=O)Cn1cnc2c(Cl)nc(NC(=O)OC(C)(C)C)nc21.Cc1nc(Cl)c2ncn(C(=O)OC(C)(C)C)c2n1. The first-order valence-corrected chi connectivity index (χ1v) is 47.7. The van der Waals surface area contributed by atoms with Crippen molar-refractivity contribution in [1.82, 2.24) is 118 Å². The Morgan fingerprint density at radius 2 is 0.762 bits per heavy atom. The number of hydrogen-bond donors (Lipinski definition) is 3. The van der Waals surface area contributed by atoms with Crippen molar-refractivity contribution in [2.24, 2.45) is 0 Å². The molecule has 770 valence electrons. The van der Waals surface area contributed by atoms with Crippen molar-refractivity contribution in [3.05, 3.63) is 116 Å². The molecular formula is C91H116Cl6N28O18.